The molecule has 7 heteroatoms. The van der Waals surface area contributed by atoms with Crippen LogP contribution in [0.5, 0.6) is 0 Å². The van der Waals surface area contributed by atoms with Gasteiger partial charge in [-0.15, -0.1) is 10.2 Å². The van der Waals surface area contributed by atoms with E-state index in [0.29, 0.717) is 30.9 Å². The maximum atomic E-state index is 12.9. The van der Waals surface area contributed by atoms with Crippen molar-refractivity contribution >= 4 is 5.91 Å². The Morgan fingerprint density at radius 3 is 2.54 bits per heavy atom. The Kier molecular flexibility index (Phi) is 5.43. The van der Waals surface area contributed by atoms with Crippen LogP contribution < -0.4 is 0 Å². The quantitative estimate of drug-likeness (QED) is 0.736. The molecular weight excluding hydrogens is 354 g/mol. The van der Waals surface area contributed by atoms with Gasteiger partial charge in [0.25, 0.3) is 5.91 Å². The second-order valence-electron chi connectivity index (χ2n) is 7.16. The third-order valence-corrected chi connectivity index (χ3v) is 5.33. The van der Waals surface area contributed by atoms with Gasteiger partial charge in [0.1, 0.15) is 18.5 Å². The van der Waals surface area contributed by atoms with Crippen molar-refractivity contribution in [3.8, 4) is 5.82 Å². The first-order chi connectivity index (χ1) is 13.7. The number of nitrogens with zero attached hydrogens (tertiary/aromatic N) is 5. The van der Waals surface area contributed by atoms with Crippen LogP contribution in [0, 0.1) is 5.92 Å². The largest absolute Gasteiger partial charge is 0.392 e. The molecule has 28 heavy (non-hydrogen) atoms. The van der Waals surface area contributed by atoms with Gasteiger partial charge in [-0.25, -0.2) is 4.98 Å². The number of amides is 1. The van der Waals surface area contributed by atoms with Gasteiger partial charge in [-0.05, 0) is 42.9 Å². The summed E-state index contributed by atoms with van der Waals surface area (Å²) in [6.45, 7) is 1.30. The van der Waals surface area contributed by atoms with Crippen molar-refractivity contribution in [2.75, 3.05) is 13.1 Å². The van der Waals surface area contributed by atoms with Crippen molar-refractivity contribution in [1.82, 2.24) is 24.6 Å². The fourth-order valence-electron chi connectivity index (χ4n) is 3.70. The van der Waals surface area contributed by atoms with Crippen molar-refractivity contribution in [2.45, 2.75) is 25.4 Å². The minimum atomic E-state index is -0.374. The lowest BCUT2D eigenvalue weighted by Crippen LogP contribution is -2.41. The first-order valence-corrected chi connectivity index (χ1v) is 9.53. The Balaban J connectivity index is 1.36. The minimum Gasteiger partial charge on any atom is -0.392 e. The van der Waals surface area contributed by atoms with E-state index in [-0.39, 0.29) is 17.9 Å². The number of aromatic nitrogens is 4. The molecule has 2 aromatic heterocycles. The van der Waals surface area contributed by atoms with Crippen LogP contribution in [0.2, 0.25) is 0 Å². The summed E-state index contributed by atoms with van der Waals surface area (Å²) in [5.74, 6) is 0.825. The zero-order chi connectivity index (χ0) is 19.3. The van der Waals surface area contributed by atoms with Gasteiger partial charge in [0.15, 0.2) is 0 Å². The van der Waals surface area contributed by atoms with E-state index in [1.165, 1.54) is 0 Å². The second kappa shape index (κ2) is 8.31. The Morgan fingerprint density at radius 2 is 1.82 bits per heavy atom. The number of rotatable bonds is 5. The number of carbonyl (C=O) groups is 1. The summed E-state index contributed by atoms with van der Waals surface area (Å²) in [4.78, 5) is 19.0. The summed E-state index contributed by atoms with van der Waals surface area (Å²) in [7, 11) is 0. The number of likely N-dealkylation sites (tertiary alicyclic amines) is 1. The normalized spacial score (nSPS) is 16.1. The minimum absolute atomic E-state index is 0.00674. The van der Waals surface area contributed by atoms with Crippen molar-refractivity contribution in [2.24, 2.45) is 5.92 Å². The fraction of sp³-hybridized carbons (Fsp3) is 0.333. The topological polar surface area (TPSA) is 84.1 Å². The van der Waals surface area contributed by atoms with Gasteiger partial charge in [-0.2, -0.15) is 0 Å². The van der Waals surface area contributed by atoms with Crippen molar-refractivity contribution in [3.05, 3.63) is 72.4 Å². The Hall–Kier alpha value is -3.06. The smallest absolute Gasteiger partial charge is 0.254 e. The van der Waals surface area contributed by atoms with Gasteiger partial charge in [-0.3, -0.25) is 9.36 Å². The van der Waals surface area contributed by atoms with Crippen LogP contribution in [-0.2, 0) is 6.42 Å². The van der Waals surface area contributed by atoms with Crippen molar-refractivity contribution in [3.63, 3.8) is 0 Å². The molecule has 1 amide bonds. The Morgan fingerprint density at radius 1 is 1.11 bits per heavy atom. The van der Waals surface area contributed by atoms with Gasteiger partial charge in [0, 0.05) is 24.8 Å². The molecule has 3 aromatic rings. The number of carbonyl (C=O) groups excluding carboxylic acids is 1. The summed E-state index contributed by atoms with van der Waals surface area (Å²) in [6.07, 6.45) is 6.63. The summed E-state index contributed by atoms with van der Waals surface area (Å²) in [5, 5.41) is 18.1. The number of aliphatic hydroxyl groups is 1. The highest BCUT2D eigenvalue weighted by Gasteiger charge is 2.28. The van der Waals surface area contributed by atoms with Crippen LogP contribution >= 0.6 is 0 Å². The number of hydrogen-bond donors (Lipinski definition) is 1. The first kappa shape index (κ1) is 18.3. The number of piperidine rings is 1. The number of pyridine rings is 1. The molecule has 0 radical (unpaired) electrons. The zero-order valence-electron chi connectivity index (χ0n) is 15.6. The van der Waals surface area contributed by atoms with Gasteiger partial charge in [0.2, 0.25) is 0 Å². The van der Waals surface area contributed by atoms with Crippen LogP contribution in [0.4, 0.5) is 0 Å². The molecule has 0 spiro atoms. The molecule has 1 aromatic carbocycles. The molecule has 0 unspecified atom stereocenters. The highest BCUT2D eigenvalue weighted by atomic mass is 16.3. The maximum absolute atomic E-state index is 12.9. The molecule has 1 aliphatic heterocycles. The molecule has 7 nitrogen and oxygen atoms in total. The molecule has 3 heterocycles. The second-order valence-corrected chi connectivity index (χ2v) is 7.16. The van der Waals surface area contributed by atoms with Crippen LogP contribution in [-0.4, -0.2) is 54.9 Å². The monoisotopic (exact) mass is 377 g/mol. The third-order valence-electron chi connectivity index (χ3n) is 5.33. The molecule has 0 saturated carbocycles. The predicted molar refractivity (Wildman–Crippen MR) is 104 cm³/mol. The fourth-order valence-corrected chi connectivity index (χ4v) is 3.70. The predicted octanol–water partition coefficient (Wildman–Crippen LogP) is 2.12. The lowest BCUT2D eigenvalue weighted by molar-refractivity contribution is 0.0467. The number of aliphatic hydroxyl groups excluding tert-OH is 1. The van der Waals surface area contributed by atoms with E-state index in [4.69, 9.17) is 0 Å². The molecule has 1 N–H and O–H groups in total. The molecular formula is C21H23N5O2. The average molecular weight is 377 g/mol. The number of hydrogen-bond acceptors (Lipinski definition) is 5. The van der Waals surface area contributed by atoms with Crippen LogP contribution in [0.3, 0.4) is 0 Å². The molecule has 4 rings (SSSR count). The third kappa shape index (κ3) is 4.09. The molecule has 1 saturated heterocycles. The van der Waals surface area contributed by atoms with Crippen LogP contribution in [0.25, 0.3) is 5.82 Å². The maximum Gasteiger partial charge on any atom is 0.254 e. The summed E-state index contributed by atoms with van der Waals surface area (Å²) in [5.41, 5.74) is 1.74. The summed E-state index contributed by atoms with van der Waals surface area (Å²) in [6, 6.07) is 13.5. The molecule has 1 fully saturated rings. The SMILES string of the molecule is O=C(c1ccnc(-n2cnnc2)c1)N1CCC([C@H](O)Cc2ccccc2)CC1. The van der Waals surface area contributed by atoms with E-state index in [0.717, 1.165) is 18.4 Å². The van der Waals surface area contributed by atoms with Gasteiger partial charge in [0.05, 0.1) is 6.10 Å². The van der Waals surface area contributed by atoms with Crippen molar-refractivity contribution < 1.29 is 9.90 Å². The van der Waals surface area contributed by atoms with E-state index in [1.54, 1.807) is 35.6 Å². The lowest BCUT2D eigenvalue weighted by Gasteiger charge is -2.34. The van der Waals surface area contributed by atoms with E-state index in [2.05, 4.69) is 15.2 Å². The summed E-state index contributed by atoms with van der Waals surface area (Å²) >= 11 is 0. The standard InChI is InChI=1S/C21H23N5O2/c27-19(12-16-4-2-1-3-5-16)17-7-10-25(11-8-17)21(28)18-6-9-22-20(13-18)26-14-23-24-15-26/h1-6,9,13-15,17,19,27H,7-8,10-12H2/t19-/m1/s1. The van der Waals surface area contributed by atoms with Crippen molar-refractivity contribution in [1.29, 1.82) is 0 Å². The Labute approximate surface area is 163 Å². The molecule has 0 aliphatic carbocycles. The average Bonchev–Trinajstić information content (AvgIpc) is 3.29. The van der Waals surface area contributed by atoms with Crippen LogP contribution in [0.1, 0.15) is 28.8 Å². The molecule has 144 valence electrons. The van der Waals surface area contributed by atoms with Gasteiger partial charge >= 0.3 is 0 Å². The highest BCUT2D eigenvalue weighted by molar-refractivity contribution is 5.94. The zero-order valence-corrected chi connectivity index (χ0v) is 15.6. The van der Waals surface area contributed by atoms with Crippen LogP contribution in [0.15, 0.2) is 61.3 Å². The van der Waals surface area contributed by atoms with E-state index in [9.17, 15) is 9.90 Å². The molecule has 0 bridgehead atoms. The highest BCUT2D eigenvalue weighted by Crippen LogP contribution is 2.24. The molecule has 1 atom stereocenters. The van der Waals surface area contributed by atoms with E-state index < -0.39 is 0 Å². The summed E-state index contributed by atoms with van der Waals surface area (Å²) < 4.78 is 1.67. The lowest BCUT2D eigenvalue weighted by atomic mass is 9.88. The van der Waals surface area contributed by atoms with E-state index in [1.807, 2.05) is 35.2 Å². The molecule has 1 aliphatic rings. The van der Waals surface area contributed by atoms with Gasteiger partial charge < -0.3 is 10.0 Å². The number of benzene rings is 1. The first-order valence-electron chi connectivity index (χ1n) is 9.53. The van der Waals surface area contributed by atoms with Gasteiger partial charge in [-0.1, -0.05) is 30.3 Å². The Bertz CT molecular complexity index is 906. The van der Waals surface area contributed by atoms with E-state index >= 15 is 0 Å².